The lowest BCUT2D eigenvalue weighted by atomic mass is 10.2. The fourth-order valence-corrected chi connectivity index (χ4v) is 3.93. The molecular formula is C23H22Cl2FN3O2. The first-order valence-electron chi connectivity index (χ1n) is 9.71. The molecule has 5 nitrogen and oxygen atoms in total. The van der Waals surface area contributed by atoms with Crippen molar-refractivity contribution >= 4 is 40.7 Å². The van der Waals surface area contributed by atoms with E-state index in [0.29, 0.717) is 33.5 Å². The van der Waals surface area contributed by atoms with Crippen molar-refractivity contribution in [3.8, 4) is 5.69 Å². The van der Waals surface area contributed by atoms with Gasteiger partial charge >= 0.3 is 0 Å². The van der Waals surface area contributed by atoms with Crippen molar-refractivity contribution in [1.82, 2.24) is 9.47 Å². The van der Waals surface area contributed by atoms with Crippen LogP contribution in [0.3, 0.4) is 0 Å². The molecule has 1 aromatic heterocycles. The summed E-state index contributed by atoms with van der Waals surface area (Å²) in [5.74, 6) is -1.01. The zero-order valence-corrected chi connectivity index (χ0v) is 18.9. The Morgan fingerprint density at radius 3 is 2.26 bits per heavy atom. The lowest BCUT2D eigenvalue weighted by Crippen LogP contribution is -2.38. The Hall–Kier alpha value is -2.83. The van der Waals surface area contributed by atoms with Gasteiger partial charge in [0.25, 0.3) is 5.91 Å². The Morgan fingerprint density at radius 2 is 1.68 bits per heavy atom. The van der Waals surface area contributed by atoms with E-state index in [1.807, 2.05) is 18.4 Å². The van der Waals surface area contributed by atoms with Gasteiger partial charge in [0.05, 0.1) is 21.3 Å². The van der Waals surface area contributed by atoms with E-state index < -0.39 is 5.91 Å². The van der Waals surface area contributed by atoms with Gasteiger partial charge in [0.2, 0.25) is 5.91 Å². The predicted octanol–water partition coefficient (Wildman–Crippen LogP) is 5.64. The smallest absolute Gasteiger partial charge is 0.256 e. The molecule has 0 unspecified atom stereocenters. The Labute approximate surface area is 190 Å². The van der Waals surface area contributed by atoms with E-state index in [9.17, 15) is 14.0 Å². The molecule has 2 amide bonds. The standard InChI is InChI=1S/C23H22Cl2FN3O2/c1-4-28(13-21(30)27-22-19(24)6-5-7-20(22)25)23(31)18-12-14(2)29(15(18)3)17-10-8-16(26)9-11-17/h5-12H,4,13H2,1-3H3,(H,27,30). The van der Waals surface area contributed by atoms with Crippen molar-refractivity contribution in [2.75, 3.05) is 18.4 Å². The molecule has 0 aliphatic heterocycles. The number of carbonyl (C=O) groups excluding carboxylic acids is 2. The minimum absolute atomic E-state index is 0.156. The number of benzene rings is 2. The van der Waals surface area contributed by atoms with Crippen LogP contribution in [0.1, 0.15) is 28.7 Å². The van der Waals surface area contributed by atoms with Gasteiger partial charge in [-0.1, -0.05) is 29.3 Å². The molecule has 0 radical (unpaired) electrons. The minimum atomic E-state index is -0.405. The number of para-hydroxylation sites is 1. The molecule has 8 heteroatoms. The first kappa shape index (κ1) is 22.8. The van der Waals surface area contributed by atoms with Crippen molar-refractivity contribution in [3.05, 3.63) is 81.3 Å². The lowest BCUT2D eigenvalue weighted by molar-refractivity contribution is -0.116. The van der Waals surface area contributed by atoms with Crippen LogP contribution in [0.4, 0.5) is 10.1 Å². The molecule has 0 saturated heterocycles. The summed E-state index contributed by atoms with van der Waals surface area (Å²) in [6.07, 6.45) is 0. The van der Waals surface area contributed by atoms with E-state index in [1.165, 1.54) is 17.0 Å². The van der Waals surface area contributed by atoms with Crippen LogP contribution in [0.15, 0.2) is 48.5 Å². The van der Waals surface area contributed by atoms with Crippen LogP contribution in [-0.4, -0.2) is 34.4 Å². The number of anilines is 1. The summed E-state index contributed by atoms with van der Waals surface area (Å²) in [6.45, 7) is 5.67. The SMILES string of the molecule is CCN(CC(=O)Nc1c(Cl)cccc1Cl)C(=O)c1cc(C)n(-c2ccc(F)cc2)c1C. The number of aryl methyl sites for hydroxylation is 1. The van der Waals surface area contributed by atoms with Crippen LogP contribution in [0.25, 0.3) is 5.69 Å². The molecular weight excluding hydrogens is 440 g/mol. The van der Waals surface area contributed by atoms with Crippen LogP contribution in [-0.2, 0) is 4.79 Å². The number of carbonyl (C=O) groups is 2. The summed E-state index contributed by atoms with van der Waals surface area (Å²) in [7, 11) is 0. The molecule has 1 heterocycles. The van der Waals surface area contributed by atoms with Crippen molar-refractivity contribution in [2.45, 2.75) is 20.8 Å². The third-order valence-electron chi connectivity index (χ3n) is 4.98. The maximum Gasteiger partial charge on any atom is 0.256 e. The summed E-state index contributed by atoms with van der Waals surface area (Å²) in [5, 5.41) is 3.31. The van der Waals surface area contributed by atoms with Gasteiger partial charge in [-0.05, 0) is 63.2 Å². The number of likely N-dealkylation sites (N-methyl/N-ethyl adjacent to an activating group) is 1. The number of rotatable bonds is 6. The first-order chi connectivity index (χ1) is 14.7. The van der Waals surface area contributed by atoms with Gasteiger partial charge < -0.3 is 14.8 Å². The van der Waals surface area contributed by atoms with E-state index in [2.05, 4.69) is 5.32 Å². The maximum atomic E-state index is 13.3. The number of nitrogens with zero attached hydrogens (tertiary/aromatic N) is 2. The van der Waals surface area contributed by atoms with Crippen molar-refractivity contribution in [2.24, 2.45) is 0 Å². The fraction of sp³-hybridized carbons (Fsp3) is 0.217. The van der Waals surface area contributed by atoms with Crippen molar-refractivity contribution in [1.29, 1.82) is 0 Å². The summed E-state index contributed by atoms with van der Waals surface area (Å²) in [6, 6.07) is 12.7. The Bertz CT molecular complexity index is 1110. The van der Waals surface area contributed by atoms with Gasteiger partial charge in [0.15, 0.2) is 0 Å². The number of halogens is 3. The zero-order valence-electron chi connectivity index (χ0n) is 17.4. The van der Waals surface area contributed by atoms with E-state index in [1.54, 1.807) is 43.3 Å². The third-order valence-corrected chi connectivity index (χ3v) is 5.61. The van der Waals surface area contributed by atoms with Gasteiger partial charge in [-0.15, -0.1) is 0 Å². The normalized spacial score (nSPS) is 10.8. The molecule has 0 aliphatic rings. The molecule has 0 aliphatic carbocycles. The first-order valence-corrected chi connectivity index (χ1v) is 10.5. The monoisotopic (exact) mass is 461 g/mol. The Kier molecular flexibility index (Phi) is 7.03. The lowest BCUT2D eigenvalue weighted by Gasteiger charge is -2.21. The quantitative estimate of drug-likeness (QED) is 0.516. The van der Waals surface area contributed by atoms with Crippen LogP contribution in [0.5, 0.6) is 0 Å². The summed E-state index contributed by atoms with van der Waals surface area (Å²) >= 11 is 12.2. The van der Waals surface area contributed by atoms with E-state index >= 15 is 0 Å². The topological polar surface area (TPSA) is 54.3 Å². The molecule has 3 rings (SSSR count). The molecule has 31 heavy (non-hydrogen) atoms. The molecule has 0 fully saturated rings. The van der Waals surface area contributed by atoms with E-state index in [4.69, 9.17) is 23.2 Å². The van der Waals surface area contributed by atoms with Crippen LogP contribution >= 0.6 is 23.2 Å². The molecule has 162 valence electrons. The van der Waals surface area contributed by atoms with Gasteiger partial charge in [0.1, 0.15) is 12.4 Å². The number of amides is 2. The molecule has 0 saturated carbocycles. The highest BCUT2D eigenvalue weighted by molar-refractivity contribution is 6.39. The van der Waals surface area contributed by atoms with Crippen LogP contribution in [0.2, 0.25) is 10.0 Å². The molecule has 0 spiro atoms. The third kappa shape index (κ3) is 4.92. The van der Waals surface area contributed by atoms with Gasteiger partial charge in [-0.2, -0.15) is 0 Å². The fourth-order valence-electron chi connectivity index (χ4n) is 3.43. The Morgan fingerprint density at radius 1 is 1.06 bits per heavy atom. The number of aromatic nitrogens is 1. The highest BCUT2D eigenvalue weighted by Gasteiger charge is 2.23. The maximum absolute atomic E-state index is 13.3. The molecule has 1 N–H and O–H groups in total. The predicted molar refractivity (Wildman–Crippen MR) is 122 cm³/mol. The highest BCUT2D eigenvalue weighted by Crippen LogP contribution is 2.30. The number of hydrogen-bond donors (Lipinski definition) is 1. The minimum Gasteiger partial charge on any atom is -0.330 e. The molecule has 0 bridgehead atoms. The molecule has 2 aromatic carbocycles. The average Bonchev–Trinajstić information content (AvgIpc) is 3.03. The van der Waals surface area contributed by atoms with Crippen LogP contribution in [0, 0.1) is 19.7 Å². The highest BCUT2D eigenvalue weighted by atomic mass is 35.5. The van der Waals surface area contributed by atoms with Crippen molar-refractivity contribution < 1.29 is 14.0 Å². The zero-order chi connectivity index (χ0) is 22.7. The average molecular weight is 462 g/mol. The molecule has 3 aromatic rings. The second-order valence-electron chi connectivity index (χ2n) is 7.06. The second kappa shape index (κ2) is 9.54. The largest absolute Gasteiger partial charge is 0.330 e. The summed E-state index contributed by atoms with van der Waals surface area (Å²) in [5.41, 5.74) is 3.09. The van der Waals surface area contributed by atoms with Crippen LogP contribution < -0.4 is 5.32 Å². The Balaban J connectivity index is 1.81. The van der Waals surface area contributed by atoms with Gasteiger partial charge in [-0.3, -0.25) is 9.59 Å². The number of hydrogen-bond acceptors (Lipinski definition) is 2. The summed E-state index contributed by atoms with van der Waals surface area (Å²) < 4.78 is 15.2. The van der Waals surface area contributed by atoms with E-state index in [-0.39, 0.29) is 18.3 Å². The second-order valence-corrected chi connectivity index (χ2v) is 7.88. The molecule has 0 atom stereocenters. The summed E-state index contributed by atoms with van der Waals surface area (Å²) in [4.78, 5) is 27.2. The van der Waals surface area contributed by atoms with E-state index in [0.717, 1.165) is 11.4 Å². The van der Waals surface area contributed by atoms with Gasteiger partial charge in [-0.25, -0.2) is 4.39 Å². The van der Waals surface area contributed by atoms with Crippen molar-refractivity contribution in [3.63, 3.8) is 0 Å². The van der Waals surface area contributed by atoms with Gasteiger partial charge in [0, 0.05) is 23.6 Å². The number of nitrogens with one attached hydrogen (secondary N) is 1.